The van der Waals surface area contributed by atoms with E-state index in [1.54, 1.807) is 0 Å². The summed E-state index contributed by atoms with van der Waals surface area (Å²) in [4.78, 5) is 57.2. The first-order valence-corrected chi connectivity index (χ1v) is 16.8. The highest BCUT2D eigenvalue weighted by Crippen LogP contribution is 2.54. The molecule has 232 valence electrons. The van der Waals surface area contributed by atoms with Crippen molar-refractivity contribution >= 4 is 67.9 Å². The van der Waals surface area contributed by atoms with Gasteiger partial charge >= 0.3 is 4.87 Å². The lowest BCUT2D eigenvalue weighted by Gasteiger charge is -2.31. The fraction of sp³-hybridized carbons (Fsp3) is 0.200. The van der Waals surface area contributed by atoms with E-state index in [0.29, 0.717) is 15.6 Å². The number of amides is 3. The van der Waals surface area contributed by atoms with Gasteiger partial charge in [-0.1, -0.05) is 35.2 Å². The normalized spacial score (nSPS) is 19.3. The van der Waals surface area contributed by atoms with Crippen LogP contribution in [-0.2, 0) is 31.0 Å². The SMILES string of the molecule is CN(C)c1ccc(C2c3sc(=O)n(CC(=O)Nc4ccc(S(N)(=O)=O)cc4)c3SC3C(=O)N(c4ccc(F)cc4)C(=O)C32)cc1. The number of nitrogens with one attached hydrogen (secondary N) is 1. The second kappa shape index (κ2) is 11.6. The maximum Gasteiger partial charge on any atom is 0.308 e. The molecule has 1 saturated heterocycles. The Morgan fingerprint density at radius 1 is 0.956 bits per heavy atom. The first-order chi connectivity index (χ1) is 21.3. The van der Waals surface area contributed by atoms with Crippen molar-refractivity contribution in [3.63, 3.8) is 0 Å². The molecule has 1 aromatic heterocycles. The lowest BCUT2D eigenvalue weighted by molar-refractivity contribution is -0.122. The van der Waals surface area contributed by atoms with Gasteiger partial charge < -0.3 is 10.2 Å². The number of carbonyl (C=O) groups excluding carboxylic acids is 3. The van der Waals surface area contributed by atoms with E-state index in [4.69, 9.17) is 5.14 Å². The summed E-state index contributed by atoms with van der Waals surface area (Å²) in [6, 6.07) is 17.9. The summed E-state index contributed by atoms with van der Waals surface area (Å²) in [6.07, 6.45) is 0. The van der Waals surface area contributed by atoms with E-state index in [9.17, 15) is 32.0 Å². The molecular weight excluding hydrogens is 642 g/mol. The van der Waals surface area contributed by atoms with Crippen molar-refractivity contribution in [3.05, 3.63) is 98.7 Å². The van der Waals surface area contributed by atoms with Crippen LogP contribution in [0, 0.1) is 11.7 Å². The van der Waals surface area contributed by atoms with Gasteiger partial charge in [0.15, 0.2) is 0 Å². The smallest absolute Gasteiger partial charge is 0.308 e. The highest BCUT2D eigenvalue weighted by molar-refractivity contribution is 8.00. The van der Waals surface area contributed by atoms with Crippen molar-refractivity contribution in [1.82, 2.24) is 4.57 Å². The zero-order valence-electron chi connectivity index (χ0n) is 23.8. The maximum atomic E-state index is 14.0. The van der Waals surface area contributed by atoms with Crippen LogP contribution in [-0.4, -0.2) is 50.1 Å². The number of rotatable bonds is 7. The van der Waals surface area contributed by atoms with Crippen LogP contribution in [0.1, 0.15) is 16.4 Å². The highest BCUT2D eigenvalue weighted by atomic mass is 32.2. The molecule has 0 aliphatic carbocycles. The number of thiazole rings is 1. The van der Waals surface area contributed by atoms with Gasteiger partial charge in [0.05, 0.1) is 21.5 Å². The average molecular weight is 668 g/mol. The van der Waals surface area contributed by atoms with Crippen molar-refractivity contribution in [1.29, 1.82) is 0 Å². The van der Waals surface area contributed by atoms with E-state index in [1.165, 1.54) is 53.1 Å². The summed E-state index contributed by atoms with van der Waals surface area (Å²) in [5.41, 5.74) is 2.19. The van der Waals surface area contributed by atoms with Crippen LogP contribution < -0.4 is 25.1 Å². The Morgan fingerprint density at radius 3 is 2.20 bits per heavy atom. The molecule has 3 atom stereocenters. The molecule has 3 amide bonds. The number of sulfonamides is 1. The molecule has 3 N–H and O–H groups in total. The molecule has 1 fully saturated rings. The highest BCUT2D eigenvalue weighted by Gasteiger charge is 2.56. The predicted molar refractivity (Wildman–Crippen MR) is 170 cm³/mol. The van der Waals surface area contributed by atoms with Gasteiger partial charge in [0.1, 0.15) is 17.6 Å². The third-order valence-corrected chi connectivity index (χ3v) is 11.2. The first kappa shape index (κ1) is 30.7. The number of halogens is 1. The fourth-order valence-electron chi connectivity index (χ4n) is 5.51. The number of aromatic nitrogens is 1. The number of primary sulfonamides is 1. The number of thioether (sulfide) groups is 1. The van der Waals surface area contributed by atoms with Crippen molar-refractivity contribution < 1.29 is 27.2 Å². The number of carbonyl (C=O) groups is 3. The van der Waals surface area contributed by atoms with E-state index in [-0.39, 0.29) is 17.1 Å². The van der Waals surface area contributed by atoms with Crippen molar-refractivity contribution in [2.75, 3.05) is 29.2 Å². The number of hydrogen-bond acceptors (Lipinski definition) is 9. The zero-order chi connectivity index (χ0) is 32.2. The number of nitrogens with two attached hydrogens (primary N) is 1. The Morgan fingerprint density at radius 2 is 1.60 bits per heavy atom. The Hall–Kier alpha value is -4.31. The average Bonchev–Trinajstić information content (AvgIpc) is 3.43. The molecule has 0 spiro atoms. The number of imide groups is 1. The van der Waals surface area contributed by atoms with Crippen LogP contribution >= 0.6 is 23.1 Å². The van der Waals surface area contributed by atoms with Gasteiger partial charge in [-0.2, -0.15) is 0 Å². The lowest BCUT2D eigenvalue weighted by atomic mass is 9.83. The van der Waals surface area contributed by atoms with Crippen LogP contribution in [0.5, 0.6) is 0 Å². The third kappa shape index (κ3) is 5.67. The summed E-state index contributed by atoms with van der Waals surface area (Å²) in [5.74, 6) is -3.51. The second-order valence-electron chi connectivity index (χ2n) is 10.8. The summed E-state index contributed by atoms with van der Waals surface area (Å²) in [7, 11) is -0.124. The Balaban J connectivity index is 1.37. The van der Waals surface area contributed by atoms with Gasteiger partial charge in [-0.05, 0) is 66.2 Å². The van der Waals surface area contributed by atoms with Crippen LogP contribution in [0.15, 0.2) is 87.5 Å². The Labute approximate surface area is 265 Å². The summed E-state index contributed by atoms with van der Waals surface area (Å²) in [5, 5.41) is 7.29. The maximum absolute atomic E-state index is 14.0. The van der Waals surface area contributed by atoms with Gasteiger partial charge in [0.2, 0.25) is 27.7 Å². The number of fused-ring (bicyclic) bond motifs is 2. The molecule has 11 nitrogen and oxygen atoms in total. The quantitative estimate of drug-likeness (QED) is 0.285. The zero-order valence-corrected chi connectivity index (χ0v) is 26.3. The Bertz CT molecular complexity index is 1990. The van der Waals surface area contributed by atoms with E-state index < -0.39 is 55.5 Å². The van der Waals surface area contributed by atoms with Gasteiger partial charge in [-0.3, -0.25) is 23.7 Å². The minimum Gasteiger partial charge on any atom is -0.378 e. The lowest BCUT2D eigenvalue weighted by Crippen LogP contribution is -2.33. The van der Waals surface area contributed by atoms with Crippen LogP contribution in [0.3, 0.4) is 0 Å². The number of benzene rings is 3. The van der Waals surface area contributed by atoms with Crippen LogP contribution in [0.25, 0.3) is 0 Å². The third-order valence-electron chi connectivity index (χ3n) is 7.67. The van der Waals surface area contributed by atoms with Crippen LogP contribution in [0.2, 0.25) is 0 Å². The molecule has 3 unspecified atom stereocenters. The largest absolute Gasteiger partial charge is 0.378 e. The molecule has 15 heteroatoms. The summed E-state index contributed by atoms with van der Waals surface area (Å²) in [6.45, 7) is -0.387. The van der Waals surface area contributed by atoms with Gasteiger partial charge in [0, 0.05) is 36.3 Å². The number of hydrogen-bond donors (Lipinski definition) is 2. The molecule has 6 rings (SSSR count). The summed E-state index contributed by atoms with van der Waals surface area (Å²) >= 11 is 1.98. The minimum atomic E-state index is -3.91. The molecule has 4 aromatic rings. The second-order valence-corrected chi connectivity index (χ2v) is 14.4. The van der Waals surface area contributed by atoms with E-state index >= 15 is 0 Å². The van der Waals surface area contributed by atoms with E-state index in [1.807, 2.05) is 43.3 Å². The van der Waals surface area contributed by atoms with Crippen LogP contribution in [0.4, 0.5) is 21.5 Å². The molecule has 45 heavy (non-hydrogen) atoms. The molecule has 2 aliphatic heterocycles. The van der Waals surface area contributed by atoms with Gasteiger partial charge in [-0.15, -0.1) is 0 Å². The van der Waals surface area contributed by atoms with E-state index in [0.717, 1.165) is 39.2 Å². The molecule has 3 heterocycles. The molecule has 2 aliphatic rings. The molecule has 0 radical (unpaired) electrons. The molecular formula is C30H26FN5O6S3. The minimum absolute atomic E-state index is 0.121. The molecule has 0 saturated carbocycles. The van der Waals surface area contributed by atoms with Crippen molar-refractivity contribution in [2.45, 2.75) is 27.6 Å². The number of nitrogens with zero attached hydrogens (tertiary/aromatic N) is 3. The summed E-state index contributed by atoms with van der Waals surface area (Å²) < 4.78 is 38.1. The van der Waals surface area contributed by atoms with E-state index in [2.05, 4.69) is 5.32 Å². The topological polar surface area (TPSA) is 152 Å². The molecule has 3 aromatic carbocycles. The molecule has 0 bridgehead atoms. The van der Waals surface area contributed by atoms with Gasteiger partial charge in [-0.25, -0.2) is 22.8 Å². The van der Waals surface area contributed by atoms with Crippen molar-refractivity contribution in [3.8, 4) is 0 Å². The monoisotopic (exact) mass is 667 g/mol. The Kier molecular flexibility index (Phi) is 7.89. The fourth-order valence-corrected chi connectivity index (χ4v) is 8.80. The predicted octanol–water partition coefficient (Wildman–Crippen LogP) is 3.20. The number of anilines is 3. The van der Waals surface area contributed by atoms with Crippen molar-refractivity contribution in [2.24, 2.45) is 11.1 Å². The first-order valence-electron chi connectivity index (χ1n) is 13.6. The van der Waals surface area contributed by atoms with Gasteiger partial charge in [0.25, 0.3) is 0 Å². The standard InChI is InChI=1S/C30H26FN5O6S3/c1-34(2)19-9-3-16(4-10-19)23-24-25(28(39)36(27(24)38)20-11-5-17(31)6-12-20)43-29-26(23)44-30(40)35(29)15-22(37)33-18-7-13-21(14-8-18)45(32,41)42/h3-14,23-25H,15H2,1-2H3,(H,33,37)(H2,32,41,42).